The lowest BCUT2D eigenvalue weighted by atomic mass is 10.1. The van der Waals surface area contributed by atoms with Gasteiger partial charge in [-0.05, 0) is 12.0 Å². The molecule has 1 aromatic rings. The monoisotopic (exact) mass is 411 g/mol. The Morgan fingerprint density at radius 2 is 1.79 bits per heavy atom. The summed E-state index contributed by atoms with van der Waals surface area (Å²) >= 11 is 0. The van der Waals surface area contributed by atoms with E-state index in [1.807, 2.05) is 18.2 Å². The predicted molar refractivity (Wildman–Crippen MR) is 107 cm³/mol. The number of benzene rings is 1. The molecule has 8 heteroatoms. The molecule has 0 N–H and O–H groups in total. The molecule has 0 spiro atoms. The second kappa shape index (κ2) is 10.4. The van der Waals surface area contributed by atoms with Crippen molar-refractivity contribution in [2.45, 2.75) is 51.9 Å². The second-order valence-corrected chi connectivity index (χ2v) is 11.0. The molecule has 7 nitrogen and oxygen atoms in total. The van der Waals surface area contributed by atoms with E-state index >= 15 is 0 Å². The lowest BCUT2D eigenvalue weighted by Crippen LogP contribution is -2.35. The maximum Gasteiger partial charge on any atom is 0.331 e. The highest BCUT2D eigenvalue weighted by Crippen LogP contribution is 2.12. The average Bonchev–Trinajstić information content (AvgIpc) is 2.54. The van der Waals surface area contributed by atoms with Gasteiger partial charge >= 0.3 is 5.97 Å². The van der Waals surface area contributed by atoms with Crippen molar-refractivity contribution in [3.05, 3.63) is 35.9 Å². The number of Topliss-reactive ketones (excluding diaryl/α,β-unsaturated/α-hetero) is 1. The van der Waals surface area contributed by atoms with Crippen LogP contribution in [0.25, 0.3) is 0 Å². The summed E-state index contributed by atoms with van der Waals surface area (Å²) in [5, 5.41) is 12.0. The fourth-order valence-corrected chi connectivity index (χ4v) is 3.15. The minimum atomic E-state index is -2.22. The van der Waals surface area contributed by atoms with Gasteiger partial charge in [-0.3, -0.25) is 9.79 Å². The van der Waals surface area contributed by atoms with E-state index < -0.39 is 33.6 Å². The molecule has 0 aliphatic carbocycles. The van der Waals surface area contributed by atoms with Crippen LogP contribution in [0.1, 0.15) is 39.2 Å². The third kappa shape index (κ3) is 10.8. The molecule has 0 saturated heterocycles. The van der Waals surface area contributed by atoms with Crippen molar-refractivity contribution in [2.24, 2.45) is 4.99 Å². The second-order valence-electron chi connectivity index (χ2n) is 7.88. The third-order valence-corrected chi connectivity index (χ3v) is 4.37. The Kier molecular flexibility index (Phi) is 8.81. The van der Waals surface area contributed by atoms with E-state index in [-0.39, 0.29) is 31.0 Å². The fourth-order valence-electron chi connectivity index (χ4n) is 2.23. The van der Waals surface area contributed by atoms with E-state index in [4.69, 9.17) is 9.47 Å². The first-order valence-corrected chi connectivity index (χ1v) is 11.5. The smallest absolute Gasteiger partial charge is 0.331 e. The van der Waals surface area contributed by atoms with Gasteiger partial charge in [-0.25, -0.2) is 4.79 Å². The Bertz CT molecular complexity index is 733. The summed E-state index contributed by atoms with van der Waals surface area (Å²) in [6, 6.07) is 7.92. The van der Waals surface area contributed by atoms with E-state index in [0.717, 1.165) is 5.56 Å². The summed E-state index contributed by atoms with van der Waals surface area (Å²) < 4.78 is 22.1. The van der Waals surface area contributed by atoms with E-state index in [1.165, 1.54) is 12.5 Å². The molecule has 0 amide bonds. The number of esters is 1. The van der Waals surface area contributed by atoms with Gasteiger partial charge < -0.3 is 14.6 Å². The molecule has 28 heavy (non-hydrogen) atoms. The first-order valence-electron chi connectivity index (χ1n) is 8.94. The van der Waals surface area contributed by atoms with E-state index in [0.29, 0.717) is 0 Å². The van der Waals surface area contributed by atoms with Gasteiger partial charge in [-0.15, -0.1) is 4.21 Å². The third-order valence-electron chi connectivity index (χ3n) is 3.36. The minimum Gasteiger partial charge on any atom is -0.595 e. The molecule has 0 aliphatic heterocycles. The molecule has 0 aromatic heterocycles. The van der Waals surface area contributed by atoms with Crippen LogP contribution in [-0.4, -0.2) is 47.7 Å². The highest BCUT2D eigenvalue weighted by atomic mass is 32.2. The number of ether oxygens (including phenoxy) is 2. The number of ketones is 1. The van der Waals surface area contributed by atoms with Crippen molar-refractivity contribution in [3.8, 4) is 0 Å². The summed E-state index contributed by atoms with van der Waals surface area (Å²) in [4.78, 5) is 28.2. The number of carbonyl (C=O) groups is 2. The van der Waals surface area contributed by atoms with Crippen LogP contribution >= 0.6 is 0 Å². The van der Waals surface area contributed by atoms with Gasteiger partial charge in [0.1, 0.15) is 31.2 Å². The number of carbonyl (C=O) groups excluding carboxylic acids is 2. The zero-order valence-corrected chi connectivity index (χ0v) is 17.9. The largest absolute Gasteiger partial charge is 0.595 e. The molecule has 156 valence electrons. The Balaban J connectivity index is 2.81. The molecule has 1 rings (SSSR count). The number of nitrogens with zero attached hydrogens (tertiary/aromatic N) is 1. The lowest BCUT2D eigenvalue weighted by molar-refractivity contribution is -0.261. The summed E-state index contributed by atoms with van der Waals surface area (Å²) in [6.07, 6.45) is 2.07. The van der Waals surface area contributed by atoms with Gasteiger partial charge in [0.05, 0.1) is 9.93 Å². The van der Waals surface area contributed by atoms with Crippen molar-refractivity contribution < 1.29 is 28.4 Å². The van der Waals surface area contributed by atoms with Crippen LogP contribution in [-0.2, 0) is 39.8 Å². The van der Waals surface area contributed by atoms with Gasteiger partial charge in [0, 0.05) is 12.0 Å². The highest BCUT2D eigenvalue weighted by Gasteiger charge is 2.24. The number of rotatable bonds is 9. The fraction of sp³-hybridized carbons (Fsp3) is 0.550. The van der Waals surface area contributed by atoms with Crippen molar-refractivity contribution in [3.63, 3.8) is 0 Å². The molecule has 0 fully saturated rings. The van der Waals surface area contributed by atoms with Crippen molar-refractivity contribution >= 4 is 27.8 Å². The normalized spacial score (nSPS) is 13.7. The minimum absolute atomic E-state index is 0.0127. The van der Waals surface area contributed by atoms with Gasteiger partial charge in [0.15, 0.2) is 11.5 Å². The molecule has 0 radical (unpaired) electrons. The first-order chi connectivity index (χ1) is 12.9. The Hall–Kier alpha value is -2.22. The summed E-state index contributed by atoms with van der Waals surface area (Å²) in [7, 11) is -2.22. The van der Waals surface area contributed by atoms with E-state index in [1.54, 1.807) is 32.9 Å². The Labute approximate surface area is 167 Å². The Morgan fingerprint density at radius 1 is 1.18 bits per heavy atom. The molecular formula is C20H29NO6S. The summed E-state index contributed by atoms with van der Waals surface area (Å²) in [6.45, 7) is 5.09. The molecule has 0 unspecified atom stereocenters. The van der Waals surface area contributed by atoms with Crippen LogP contribution in [0.2, 0.25) is 0 Å². The van der Waals surface area contributed by atoms with Crippen molar-refractivity contribution in [1.82, 2.24) is 0 Å². The van der Waals surface area contributed by atoms with Crippen LogP contribution < -0.4 is 5.11 Å². The zero-order chi connectivity index (χ0) is 21.4. The van der Waals surface area contributed by atoms with Crippen LogP contribution in [0.5, 0.6) is 0 Å². The van der Waals surface area contributed by atoms with Gasteiger partial charge in [0.25, 0.3) is 0 Å². The summed E-state index contributed by atoms with van der Waals surface area (Å²) in [5.41, 5.74) is 0.0323. The van der Waals surface area contributed by atoms with Crippen LogP contribution in [0.15, 0.2) is 35.3 Å². The van der Waals surface area contributed by atoms with Crippen molar-refractivity contribution in [2.75, 3.05) is 18.3 Å². The van der Waals surface area contributed by atoms with Gasteiger partial charge in [-0.1, -0.05) is 51.1 Å². The maximum atomic E-state index is 12.4. The lowest BCUT2D eigenvalue weighted by Gasteiger charge is -2.30. The number of aliphatic imine (C=N–C) groups is 1. The molecule has 1 atom stereocenters. The predicted octanol–water partition coefficient (Wildman–Crippen LogP) is 1.74. The SMILES string of the molecule is CC(C)(C)OC([O-])=N[C@@H](CCC(=O)C[S+](C)(C)=O)C(=O)OCc1ccccc1. The molecule has 0 aliphatic rings. The van der Waals surface area contributed by atoms with Gasteiger partial charge in [0.2, 0.25) is 0 Å². The zero-order valence-electron chi connectivity index (χ0n) is 17.1. The molecule has 0 heterocycles. The first kappa shape index (κ1) is 23.8. The molecule has 0 bridgehead atoms. The highest BCUT2D eigenvalue weighted by molar-refractivity contribution is 8.02. The van der Waals surface area contributed by atoms with Gasteiger partial charge in [-0.2, -0.15) is 0 Å². The topological polar surface area (TPSA) is 105 Å². The van der Waals surface area contributed by atoms with E-state index in [2.05, 4.69) is 4.99 Å². The molecule has 0 saturated carbocycles. The standard InChI is InChI=1S/C20H29NO6S/c1-20(2,3)27-19(24)21-17(12-11-16(22)14-28(4,5)25)18(23)26-13-15-9-7-6-8-10-15/h6-10,17H,11-14H2,1-5H3/t17-/m0/s1. The average molecular weight is 412 g/mol. The summed E-state index contributed by atoms with van der Waals surface area (Å²) in [5.74, 6) is -1.04. The van der Waals surface area contributed by atoms with Crippen LogP contribution in [0, 0.1) is 0 Å². The van der Waals surface area contributed by atoms with Crippen LogP contribution in [0.3, 0.4) is 0 Å². The Morgan fingerprint density at radius 3 is 2.32 bits per heavy atom. The number of hydrogen-bond donors (Lipinski definition) is 0. The molecular weight excluding hydrogens is 382 g/mol. The maximum absolute atomic E-state index is 12.4. The molecule has 1 aromatic carbocycles. The van der Waals surface area contributed by atoms with Crippen molar-refractivity contribution in [1.29, 1.82) is 0 Å². The quantitative estimate of drug-likeness (QED) is 0.265. The van der Waals surface area contributed by atoms with Crippen LogP contribution in [0.4, 0.5) is 0 Å². The number of hydrogen-bond acceptors (Lipinski definition) is 7. The van der Waals surface area contributed by atoms with E-state index in [9.17, 15) is 18.9 Å².